The SMILES string of the molecule is COCCN(CCO)C(=O)CCc1ccccc1C. The van der Waals surface area contributed by atoms with Gasteiger partial charge in [0, 0.05) is 26.6 Å². The van der Waals surface area contributed by atoms with E-state index < -0.39 is 0 Å². The molecule has 0 aliphatic heterocycles. The van der Waals surface area contributed by atoms with Crippen LogP contribution in [0.15, 0.2) is 24.3 Å². The van der Waals surface area contributed by atoms with E-state index in [1.54, 1.807) is 12.0 Å². The molecule has 1 rings (SSSR count). The Morgan fingerprint density at radius 3 is 2.68 bits per heavy atom. The first-order valence-corrected chi connectivity index (χ1v) is 6.61. The first-order chi connectivity index (χ1) is 9.19. The second-order valence-corrected chi connectivity index (χ2v) is 4.52. The molecule has 0 fully saturated rings. The van der Waals surface area contributed by atoms with E-state index >= 15 is 0 Å². The van der Waals surface area contributed by atoms with Crippen molar-refractivity contribution in [1.29, 1.82) is 0 Å². The molecule has 0 unspecified atom stereocenters. The quantitative estimate of drug-likeness (QED) is 0.773. The van der Waals surface area contributed by atoms with Gasteiger partial charge in [0.05, 0.1) is 13.2 Å². The first kappa shape index (κ1) is 15.7. The number of carbonyl (C=O) groups excluding carboxylic acids is 1. The fourth-order valence-electron chi connectivity index (χ4n) is 1.97. The minimum Gasteiger partial charge on any atom is -0.395 e. The third-order valence-corrected chi connectivity index (χ3v) is 3.16. The van der Waals surface area contributed by atoms with Gasteiger partial charge in [0.1, 0.15) is 0 Å². The Balaban J connectivity index is 2.50. The molecular formula is C15H23NO3. The number of hydrogen-bond acceptors (Lipinski definition) is 3. The summed E-state index contributed by atoms with van der Waals surface area (Å²) in [5, 5.41) is 8.98. The summed E-state index contributed by atoms with van der Waals surface area (Å²) >= 11 is 0. The molecule has 0 saturated carbocycles. The van der Waals surface area contributed by atoms with Crippen molar-refractivity contribution in [3.8, 4) is 0 Å². The maximum Gasteiger partial charge on any atom is 0.223 e. The predicted octanol–water partition coefficient (Wildman–Crippen LogP) is 1.39. The lowest BCUT2D eigenvalue weighted by atomic mass is 10.0. The van der Waals surface area contributed by atoms with Crippen LogP contribution in [0.4, 0.5) is 0 Å². The Morgan fingerprint density at radius 1 is 1.32 bits per heavy atom. The second kappa shape index (κ2) is 8.67. The standard InChI is InChI=1S/C15H23NO3/c1-13-5-3-4-6-14(13)7-8-15(18)16(9-11-17)10-12-19-2/h3-6,17H,7-12H2,1-2H3. The van der Waals surface area contributed by atoms with Crippen LogP contribution in [0, 0.1) is 6.92 Å². The van der Waals surface area contributed by atoms with Gasteiger partial charge in [-0.2, -0.15) is 0 Å². The van der Waals surface area contributed by atoms with Gasteiger partial charge in [-0.05, 0) is 24.5 Å². The Kier molecular flexibility index (Phi) is 7.15. The molecule has 0 radical (unpaired) electrons. The number of nitrogens with zero attached hydrogens (tertiary/aromatic N) is 1. The van der Waals surface area contributed by atoms with Crippen LogP contribution in [0.3, 0.4) is 0 Å². The van der Waals surface area contributed by atoms with E-state index in [2.05, 4.69) is 13.0 Å². The van der Waals surface area contributed by atoms with Gasteiger partial charge >= 0.3 is 0 Å². The summed E-state index contributed by atoms with van der Waals surface area (Å²) < 4.78 is 4.98. The van der Waals surface area contributed by atoms with Crippen LogP contribution in [0.2, 0.25) is 0 Å². The van der Waals surface area contributed by atoms with E-state index in [-0.39, 0.29) is 12.5 Å². The average Bonchev–Trinajstić information content (AvgIpc) is 2.42. The van der Waals surface area contributed by atoms with E-state index in [0.29, 0.717) is 26.1 Å². The van der Waals surface area contributed by atoms with Crippen LogP contribution >= 0.6 is 0 Å². The molecule has 19 heavy (non-hydrogen) atoms. The van der Waals surface area contributed by atoms with Gasteiger partial charge in [-0.25, -0.2) is 0 Å². The highest BCUT2D eigenvalue weighted by Gasteiger charge is 2.12. The van der Waals surface area contributed by atoms with Crippen LogP contribution in [-0.2, 0) is 16.0 Å². The Bertz CT molecular complexity index is 393. The zero-order valence-corrected chi connectivity index (χ0v) is 11.8. The molecule has 1 aromatic rings. The molecule has 4 heteroatoms. The van der Waals surface area contributed by atoms with Gasteiger partial charge in [0.2, 0.25) is 5.91 Å². The van der Waals surface area contributed by atoms with Crippen molar-refractivity contribution in [1.82, 2.24) is 4.90 Å². The Hall–Kier alpha value is -1.39. The van der Waals surface area contributed by atoms with Crippen molar-refractivity contribution in [2.45, 2.75) is 19.8 Å². The molecule has 0 heterocycles. The normalized spacial score (nSPS) is 10.5. The summed E-state index contributed by atoms with van der Waals surface area (Å²) in [5.74, 6) is 0.0642. The maximum absolute atomic E-state index is 12.1. The highest BCUT2D eigenvalue weighted by Crippen LogP contribution is 2.10. The number of benzene rings is 1. The second-order valence-electron chi connectivity index (χ2n) is 4.52. The smallest absolute Gasteiger partial charge is 0.223 e. The van der Waals surface area contributed by atoms with Crippen LogP contribution in [0.5, 0.6) is 0 Å². The molecule has 0 saturated heterocycles. The van der Waals surface area contributed by atoms with Gasteiger partial charge < -0.3 is 14.7 Å². The number of aliphatic hydroxyl groups excluding tert-OH is 1. The lowest BCUT2D eigenvalue weighted by molar-refractivity contribution is -0.132. The zero-order valence-electron chi connectivity index (χ0n) is 11.8. The van der Waals surface area contributed by atoms with Crippen molar-refractivity contribution < 1.29 is 14.6 Å². The van der Waals surface area contributed by atoms with Gasteiger partial charge in [-0.15, -0.1) is 0 Å². The van der Waals surface area contributed by atoms with Gasteiger partial charge in [0.25, 0.3) is 0 Å². The number of aryl methyl sites for hydroxylation is 2. The average molecular weight is 265 g/mol. The van der Waals surface area contributed by atoms with Crippen molar-refractivity contribution >= 4 is 5.91 Å². The highest BCUT2D eigenvalue weighted by molar-refractivity contribution is 5.76. The number of aliphatic hydroxyl groups is 1. The molecular weight excluding hydrogens is 242 g/mol. The largest absolute Gasteiger partial charge is 0.395 e. The molecule has 0 bridgehead atoms. The summed E-state index contributed by atoms with van der Waals surface area (Å²) in [7, 11) is 1.61. The van der Waals surface area contributed by atoms with Crippen LogP contribution in [0.1, 0.15) is 17.5 Å². The third-order valence-electron chi connectivity index (χ3n) is 3.16. The van der Waals surface area contributed by atoms with E-state index in [0.717, 1.165) is 6.42 Å². The van der Waals surface area contributed by atoms with Crippen LogP contribution < -0.4 is 0 Å². The molecule has 1 N–H and O–H groups in total. The van der Waals surface area contributed by atoms with Gasteiger partial charge in [-0.3, -0.25) is 4.79 Å². The Labute approximate surface area is 115 Å². The number of hydrogen-bond donors (Lipinski definition) is 1. The van der Waals surface area contributed by atoms with Crippen molar-refractivity contribution in [3.63, 3.8) is 0 Å². The van der Waals surface area contributed by atoms with Crippen molar-refractivity contribution in [2.24, 2.45) is 0 Å². The molecule has 106 valence electrons. The maximum atomic E-state index is 12.1. The summed E-state index contributed by atoms with van der Waals surface area (Å²) in [4.78, 5) is 13.7. The molecule has 4 nitrogen and oxygen atoms in total. The lowest BCUT2D eigenvalue weighted by Crippen LogP contribution is -2.36. The lowest BCUT2D eigenvalue weighted by Gasteiger charge is -2.21. The predicted molar refractivity (Wildman–Crippen MR) is 75.0 cm³/mol. The van der Waals surface area contributed by atoms with Crippen LogP contribution in [-0.4, -0.2) is 49.3 Å². The monoisotopic (exact) mass is 265 g/mol. The third kappa shape index (κ3) is 5.41. The summed E-state index contributed by atoms with van der Waals surface area (Å²) in [5.41, 5.74) is 2.41. The number of rotatable bonds is 8. The van der Waals surface area contributed by atoms with Crippen LogP contribution in [0.25, 0.3) is 0 Å². The topological polar surface area (TPSA) is 49.8 Å². The fraction of sp³-hybridized carbons (Fsp3) is 0.533. The Morgan fingerprint density at radius 2 is 2.05 bits per heavy atom. The molecule has 0 atom stereocenters. The molecule has 0 aliphatic carbocycles. The molecule has 1 amide bonds. The summed E-state index contributed by atoms with van der Waals surface area (Å²) in [6.45, 7) is 3.44. The summed E-state index contributed by atoms with van der Waals surface area (Å²) in [6.07, 6.45) is 1.20. The first-order valence-electron chi connectivity index (χ1n) is 6.61. The van der Waals surface area contributed by atoms with Crippen molar-refractivity contribution in [3.05, 3.63) is 35.4 Å². The van der Waals surface area contributed by atoms with E-state index in [1.165, 1.54) is 11.1 Å². The number of amides is 1. The number of ether oxygens (including phenoxy) is 1. The van der Waals surface area contributed by atoms with Gasteiger partial charge in [0.15, 0.2) is 0 Å². The van der Waals surface area contributed by atoms with E-state index in [1.807, 2.05) is 18.2 Å². The summed E-state index contributed by atoms with van der Waals surface area (Å²) in [6, 6.07) is 8.09. The molecule has 0 spiro atoms. The molecule has 0 aromatic heterocycles. The number of carbonyl (C=O) groups is 1. The van der Waals surface area contributed by atoms with Gasteiger partial charge in [-0.1, -0.05) is 24.3 Å². The fourth-order valence-corrected chi connectivity index (χ4v) is 1.97. The number of methoxy groups -OCH3 is 1. The minimum absolute atomic E-state index is 0.0141. The van der Waals surface area contributed by atoms with Crippen molar-refractivity contribution in [2.75, 3.05) is 33.4 Å². The molecule has 1 aromatic carbocycles. The minimum atomic E-state index is -0.0141. The van der Waals surface area contributed by atoms with E-state index in [9.17, 15) is 4.79 Å². The zero-order chi connectivity index (χ0) is 14.1. The highest BCUT2D eigenvalue weighted by atomic mass is 16.5. The molecule has 0 aliphatic rings. The van der Waals surface area contributed by atoms with E-state index in [4.69, 9.17) is 9.84 Å².